The van der Waals surface area contributed by atoms with E-state index in [1.54, 1.807) is 6.92 Å². The molecule has 16 heavy (non-hydrogen) atoms. The van der Waals surface area contributed by atoms with Crippen LogP contribution < -0.4 is 0 Å². The summed E-state index contributed by atoms with van der Waals surface area (Å²) in [5.41, 5.74) is 0. The lowest BCUT2D eigenvalue weighted by Gasteiger charge is -2.48. The number of likely N-dealkylation sites (tertiary alicyclic amines) is 1. The normalized spacial score (nSPS) is 24.9. The number of hydrogen-bond donors (Lipinski definition) is 0. The molecule has 2 fully saturated rings. The van der Waals surface area contributed by atoms with E-state index in [-0.39, 0.29) is 5.91 Å². The fourth-order valence-corrected chi connectivity index (χ4v) is 2.56. The maximum atomic E-state index is 11.1. The average Bonchev–Trinajstić information content (AvgIpc) is 2.15. The van der Waals surface area contributed by atoms with E-state index in [0.717, 1.165) is 26.2 Å². The number of carbonyl (C=O) groups excluding carboxylic acids is 1. The number of hydrogen-bond acceptors (Lipinski definition) is 3. The van der Waals surface area contributed by atoms with Crippen molar-refractivity contribution in [3.63, 3.8) is 0 Å². The summed E-state index contributed by atoms with van der Waals surface area (Å²) in [7, 11) is 0. The molecule has 0 bridgehead atoms. The lowest BCUT2D eigenvalue weighted by atomic mass is 10.1. The van der Waals surface area contributed by atoms with Crippen LogP contribution in [0.1, 0.15) is 20.8 Å². The van der Waals surface area contributed by atoms with Crippen LogP contribution >= 0.6 is 0 Å². The van der Waals surface area contributed by atoms with Crippen molar-refractivity contribution in [2.45, 2.75) is 32.9 Å². The summed E-state index contributed by atoms with van der Waals surface area (Å²) in [4.78, 5) is 18.1. The number of amides is 1. The van der Waals surface area contributed by atoms with Crippen molar-refractivity contribution >= 4 is 5.91 Å². The lowest BCUT2D eigenvalue weighted by Crippen LogP contribution is -2.64. The van der Waals surface area contributed by atoms with Crippen LogP contribution in [-0.2, 0) is 4.79 Å². The van der Waals surface area contributed by atoms with Crippen LogP contribution in [0.2, 0.25) is 0 Å². The Morgan fingerprint density at radius 1 is 1.12 bits per heavy atom. The van der Waals surface area contributed by atoms with Crippen molar-refractivity contribution in [2.24, 2.45) is 0 Å². The third-order valence-corrected chi connectivity index (χ3v) is 3.90. The quantitative estimate of drug-likeness (QED) is 0.674. The zero-order valence-electron chi connectivity index (χ0n) is 10.6. The van der Waals surface area contributed by atoms with Crippen molar-refractivity contribution in [3.05, 3.63) is 0 Å². The van der Waals surface area contributed by atoms with Gasteiger partial charge in [0.25, 0.3) is 0 Å². The first-order valence-corrected chi connectivity index (χ1v) is 6.31. The van der Waals surface area contributed by atoms with Crippen molar-refractivity contribution in [3.8, 4) is 0 Å². The van der Waals surface area contributed by atoms with Gasteiger partial charge in [-0.2, -0.15) is 0 Å². The molecule has 0 atom stereocenters. The molecular weight excluding hydrogens is 202 g/mol. The first kappa shape index (κ1) is 11.9. The first-order chi connectivity index (χ1) is 7.58. The summed E-state index contributed by atoms with van der Waals surface area (Å²) in [6.07, 6.45) is 0. The standard InChI is InChI=1S/C12H23N3O/c1-10(2)13-4-6-14(7-5-13)12-8-15(9-12)11(3)16/h10,12H,4-9H2,1-3H3. The van der Waals surface area contributed by atoms with Gasteiger partial charge in [-0.1, -0.05) is 0 Å². The van der Waals surface area contributed by atoms with E-state index in [1.165, 1.54) is 13.1 Å². The second-order valence-corrected chi connectivity index (χ2v) is 5.24. The van der Waals surface area contributed by atoms with Crippen LogP contribution in [0.15, 0.2) is 0 Å². The molecule has 0 aliphatic carbocycles. The molecule has 4 nitrogen and oxygen atoms in total. The molecule has 0 spiro atoms. The summed E-state index contributed by atoms with van der Waals surface area (Å²) in [6.45, 7) is 12.7. The van der Waals surface area contributed by atoms with Gasteiger partial charge < -0.3 is 4.90 Å². The number of piperazine rings is 1. The van der Waals surface area contributed by atoms with Crippen LogP contribution in [0.4, 0.5) is 0 Å². The van der Waals surface area contributed by atoms with Crippen molar-refractivity contribution in [1.29, 1.82) is 0 Å². The van der Waals surface area contributed by atoms with Crippen LogP contribution in [0.25, 0.3) is 0 Å². The Hall–Kier alpha value is -0.610. The van der Waals surface area contributed by atoms with Crippen molar-refractivity contribution in [1.82, 2.24) is 14.7 Å². The first-order valence-electron chi connectivity index (χ1n) is 6.31. The topological polar surface area (TPSA) is 26.8 Å². The maximum Gasteiger partial charge on any atom is 0.219 e. The fraction of sp³-hybridized carbons (Fsp3) is 0.917. The smallest absolute Gasteiger partial charge is 0.219 e. The molecule has 0 aromatic heterocycles. The second kappa shape index (κ2) is 4.72. The Labute approximate surface area is 98.2 Å². The zero-order chi connectivity index (χ0) is 11.7. The predicted octanol–water partition coefficient (Wildman–Crippen LogP) is 0.243. The van der Waals surface area contributed by atoms with E-state index in [0.29, 0.717) is 12.1 Å². The van der Waals surface area contributed by atoms with E-state index in [4.69, 9.17) is 0 Å². The Balaban J connectivity index is 1.73. The van der Waals surface area contributed by atoms with Gasteiger partial charge in [0, 0.05) is 58.3 Å². The molecule has 0 unspecified atom stereocenters. The number of carbonyl (C=O) groups is 1. The molecule has 0 saturated carbocycles. The van der Waals surface area contributed by atoms with Crippen molar-refractivity contribution < 1.29 is 4.79 Å². The van der Waals surface area contributed by atoms with Crippen LogP contribution in [0.5, 0.6) is 0 Å². The zero-order valence-corrected chi connectivity index (χ0v) is 10.6. The molecule has 2 saturated heterocycles. The Morgan fingerprint density at radius 3 is 2.12 bits per heavy atom. The largest absolute Gasteiger partial charge is 0.340 e. The molecule has 2 aliphatic rings. The van der Waals surface area contributed by atoms with E-state index >= 15 is 0 Å². The molecule has 0 aromatic carbocycles. The molecule has 0 N–H and O–H groups in total. The highest BCUT2D eigenvalue weighted by Gasteiger charge is 2.34. The van der Waals surface area contributed by atoms with Gasteiger partial charge in [-0.25, -0.2) is 0 Å². The molecular formula is C12H23N3O. The van der Waals surface area contributed by atoms with Gasteiger partial charge in [-0.15, -0.1) is 0 Å². The highest BCUT2D eigenvalue weighted by molar-refractivity contribution is 5.74. The van der Waals surface area contributed by atoms with Gasteiger partial charge in [0.15, 0.2) is 0 Å². The van der Waals surface area contributed by atoms with Gasteiger partial charge >= 0.3 is 0 Å². The summed E-state index contributed by atoms with van der Waals surface area (Å²) >= 11 is 0. The lowest BCUT2D eigenvalue weighted by molar-refractivity contribution is -0.136. The Morgan fingerprint density at radius 2 is 1.69 bits per heavy atom. The fourth-order valence-electron chi connectivity index (χ4n) is 2.56. The van der Waals surface area contributed by atoms with Gasteiger partial charge in [0.2, 0.25) is 5.91 Å². The Bertz CT molecular complexity index is 253. The SMILES string of the molecule is CC(=O)N1CC(N2CCN(C(C)C)CC2)C1. The minimum Gasteiger partial charge on any atom is -0.340 e. The van der Waals surface area contributed by atoms with Gasteiger partial charge in [0.1, 0.15) is 0 Å². The number of nitrogens with zero attached hydrogens (tertiary/aromatic N) is 3. The van der Waals surface area contributed by atoms with Gasteiger partial charge in [0.05, 0.1) is 0 Å². The predicted molar refractivity (Wildman–Crippen MR) is 64.3 cm³/mol. The second-order valence-electron chi connectivity index (χ2n) is 5.24. The van der Waals surface area contributed by atoms with E-state index < -0.39 is 0 Å². The summed E-state index contributed by atoms with van der Waals surface area (Å²) < 4.78 is 0. The van der Waals surface area contributed by atoms with E-state index in [1.807, 2.05) is 4.90 Å². The summed E-state index contributed by atoms with van der Waals surface area (Å²) in [5, 5.41) is 0. The van der Waals surface area contributed by atoms with E-state index in [2.05, 4.69) is 23.6 Å². The van der Waals surface area contributed by atoms with Crippen LogP contribution in [0.3, 0.4) is 0 Å². The minimum absolute atomic E-state index is 0.220. The number of rotatable bonds is 2. The molecule has 1 amide bonds. The highest BCUT2D eigenvalue weighted by atomic mass is 16.2. The molecule has 4 heteroatoms. The monoisotopic (exact) mass is 225 g/mol. The highest BCUT2D eigenvalue weighted by Crippen LogP contribution is 2.17. The summed E-state index contributed by atoms with van der Waals surface area (Å²) in [6, 6.07) is 1.29. The molecule has 2 heterocycles. The third-order valence-electron chi connectivity index (χ3n) is 3.90. The van der Waals surface area contributed by atoms with Gasteiger partial charge in [-0.3, -0.25) is 14.6 Å². The Kier molecular flexibility index (Phi) is 3.50. The minimum atomic E-state index is 0.220. The molecule has 0 radical (unpaired) electrons. The molecule has 0 aromatic rings. The molecule has 92 valence electrons. The van der Waals surface area contributed by atoms with E-state index in [9.17, 15) is 4.79 Å². The van der Waals surface area contributed by atoms with Crippen LogP contribution in [-0.4, -0.2) is 72.0 Å². The average molecular weight is 225 g/mol. The maximum absolute atomic E-state index is 11.1. The van der Waals surface area contributed by atoms with Crippen molar-refractivity contribution in [2.75, 3.05) is 39.3 Å². The van der Waals surface area contributed by atoms with Crippen LogP contribution in [0, 0.1) is 0 Å². The molecule has 2 aliphatic heterocycles. The third kappa shape index (κ3) is 2.38. The van der Waals surface area contributed by atoms with Gasteiger partial charge in [-0.05, 0) is 13.8 Å². The molecule has 2 rings (SSSR count). The summed E-state index contributed by atoms with van der Waals surface area (Å²) in [5.74, 6) is 0.220.